The van der Waals surface area contributed by atoms with Gasteiger partial charge in [0.05, 0.1) is 11.9 Å². The molecule has 0 saturated carbocycles. The summed E-state index contributed by atoms with van der Waals surface area (Å²) in [7, 11) is 0. The van der Waals surface area contributed by atoms with Gasteiger partial charge in [0.25, 0.3) is 11.5 Å². The molecule has 0 spiro atoms. The number of nitrogens with zero attached hydrogens (tertiary/aromatic N) is 3. The summed E-state index contributed by atoms with van der Waals surface area (Å²) in [6, 6.07) is 8.73. The number of rotatable bonds is 4. The number of anilines is 1. The molecule has 3 aromatic rings. The monoisotopic (exact) mass is 335 g/mol. The summed E-state index contributed by atoms with van der Waals surface area (Å²) in [5, 5.41) is 12.8. The number of H-pyrrole nitrogens is 1. The highest BCUT2D eigenvalue weighted by atomic mass is 16.2. The van der Waals surface area contributed by atoms with Crippen LogP contribution in [0.5, 0.6) is 0 Å². The Morgan fingerprint density at radius 3 is 2.88 bits per heavy atom. The van der Waals surface area contributed by atoms with E-state index < -0.39 is 11.5 Å². The van der Waals surface area contributed by atoms with Gasteiger partial charge in [-0.25, -0.2) is 4.98 Å². The molecule has 1 aromatic carbocycles. The minimum Gasteiger partial charge on any atom is -0.346 e. The van der Waals surface area contributed by atoms with E-state index in [9.17, 15) is 14.9 Å². The maximum absolute atomic E-state index is 12.2. The molecule has 25 heavy (non-hydrogen) atoms. The van der Waals surface area contributed by atoms with Crippen LogP contribution < -0.4 is 10.9 Å². The predicted octanol–water partition coefficient (Wildman–Crippen LogP) is 2.50. The van der Waals surface area contributed by atoms with Gasteiger partial charge >= 0.3 is 0 Å². The number of hydrogen-bond acceptors (Lipinski definition) is 4. The first-order valence-corrected chi connectivity index (χ1v) is 7.87. The Morgan fingerprint density at radius 2 is 2.20 bits per heavy atom. The smallest absolute Gasteiger partial charge is 0.274 e. The van der Waals surface area contributed by atoms with Crippen LogP contribution >= 0.6 is 0 Å². The van der Waals surface area contributed by atoms with Crippen molar-refractivity contribution in [2.45, 2.75) is 20.4 Å². The van der Waals surface area contributed by atoms with E-state index in [2.05, 4.69) is 35.2 Å². The fourth-order valence-corrected chi connectivity index (χ4v) is 2.70. The highest BCUT2D eigenvalue weighted by Crippen LogP contribution is 2.25. The number of amides is 1. The SMILES string of the molecule is CC(C)Cn1cc(C#N)c2cc(NC(=O)c3cc(=O)[nH]cn3)ccc21. The summed E-state index contributed by atoms with van der Waals surface area (Å²) in [4.78, 5) is 29.7. The van der Waals surface area contributed by atoms with Gasteiger partial charge < -0.3 is 14.9 Å². The van der Waals surface area contributed by atoms with Crippen LogP contribution in [-0.2, 0) is 6.54 Å². The number of carbonyl (C=O) groups is 1. The number of fused-ring (bicyclic) bond motifs is 1. The second-order valence-corrected chi connectivity index (χ2v) is 6.18. The van der Waals surface area contributed by atoms with Crippen molar-refractivity contribution in [3.05, 3.63) is 58.4 Å². The fraction of sp³-hybridized carbons (Fsp3) is 0.222. The van der Waals surface area contributed by atoms with Crippen LogP contribution in [0.3, 0.4) is 0 Å². The number of aromatic amines is 1. The lowest BCUT2D eigenvalue weighted by molar-refractivity contribution is 0.102. The Labute approximate surface area is 143 Å². The molecule has 2 N–H and O–H groups in total. The highest BCUT2D eigenvalue weighted by molar-refractivity contribution is 6.04. The van der Waals surface area contributed by atoms with Gasteiger partial charge in [-0.1, -0.05) is 13.8 Å². The van der Waals surface area contributed by atoms with E-state index in [4.69, 9.17) is 0 Å². The third-order valence-corrected chi connectivity index (χ3v) is 3.73. The molecular formula is C18H17N5O2. The van der Waals surface area contributed by atoms with Crippen molar-refractivity contribution in [3.8, 4) is 6.07 Å². The van der Waals surface area contributed by atoms with Crippen LogP contribution in [0, 0.1) is 17.2 Å². The first kappa shape index (κ1) is 16.5. The maximum Gasteiger partial charge on any atom is 0.274 e. The van der Waals surface area contributed by atoms with Crippen LogP contribution in [0.4, 0.5) is 5.69 Å². The Hall–Kier alpha value is -3.40. The van der Waals surface area contributed by atoms with E-state index >= 15 is 0 Å². The first-order chi connectivity index (χ1) is 12.0. The normalized spacial score (nSPS) is 10.8. The van der Waals surface area contributed by atoms with Crippen LogP contribution in [-0.4, -0.2) is 20.4 Å². The summed E-state index contributed by atoms with van der Waals surface area (Å²) in [5.74, 6) is -0.0330. The summed E-state index contributed by atoms with van der Waals surface area (Å²) < 4.78 is 2.04. The van der Waals surface area contributed by atoms with E-state index in [1.807, 2.05) is 16.8 Å². The minimum atomic E-state index is -0.481. The first-order valence-electron chi connectivity index (χ1n) is 7.87. The van der Waals surface area contributed by atoms with Crippen molar-refractivity contribution in [3.63, 3.8) is 0 Å². The third kappa shape index (κ3) is 3.43. The quantitative estimate of drug-likeness (QED) is 0.764. The molecule has 3 rings (SSSR count). The molecule has 126 valence electrons. The number of benzene rings is 1. The lowest BCUT2D eigenvalue weighted by atomic mass is 10.1. The van der Waals surface area contributed by atoms with Crippen molar-refractivity contribution in [2.75, 3.05) is 5.32 Å². The lowest BCUT2D eigenvalue weighted by Crippen LogP contribution is -2.17. The third-order valence-electron chi connectivity index (χ3n) is 3.73. The fourth-order valence-electron chi connectivity index (χ4n) is 2.70. The molecule has 2 heterocycles. The Morgan fingerprint density at radius 1 is 1.40 bits per heavy atom. The number of aromatic nitrogens is 3. The van der Waals surface area contributed by atoms with Gasteiger partial charge in [-0.05, 0) is 24.1 Å². The van der Waals surface area contributed by atoms with Gasteiger partial charge in [-0.2, -0.15) is 5.26 Å². The minimum absolute atomic E-state index is 0.0294. The topological polar surface area (TPSA) is 104 Å². The van der Waals surface area contributed by atoms with E-state index in [0.29, 0.717) is 17.2 Å². The highest BCUT2D eigenvalue weighted by Gasteiger charge is 2.12. The molecule has 0 aliphatic rings. The molecule has 0 saturated heterocycles. The maximum atomic E-state index is 12.2. The second kappa shape index (κ2) is 6.61. The van der Waals surface area contributed by atoms with Crippen molar-refractivity contribution in [1.82, 2.24) is 14.5 Å². The van der Waals surface area contributed by atoms with Crippen LogP contribution in [0.15, 0.2) is 41.6 Å². The zero-order valence-electron chi connectivity index (χ0n) is 13.9. The van der Waals surface area contributed by atoms with E-state index in [0.717, 1.165) is 23.5 Å². The number of hydrogen-bond donors (Lipinski definition) is 2. The summed E-state index contributed by atoms with van der Waals surface area (Å²) in [6.45, 7) is 5.03. The molecular weight excluding hydrogens is 318 g/mol. The molecule has 0 atom stereocenters. The average Bonchev–Trinajstić information content (AvgIpc) is 2.91. The molecule has 0 aliphatic heterocycles. The molecule has 7 nitrogen and oxygen atoms in total. The molecule has 0 aliphatic carbocycles. The Balaban J connectivity index is 1.94. The van der Waals surface area contributed by atoms with Gasteiger partial charge in [-0.3, -0.25) is 9.59 Å². The summed E-state index contributed by atoms with van der Waals surface area (Å²) in [6.07, 6.45) is 3.01. The van der Waals surface area contributed by atoms with E-state index in [1.165, 1.54) is 6.33 Å². The molecule has 0 bridgehead atoms. The largest absolute Gasteiger partial charge is 0.346 e. The van der Waals surface area contributed by atoms with Crippen molar-refractivity contribution in [2.24, 2.45) is 5.92 Å². The van der Waals surface area contributed by atoms with Crippen molar-refractivity contribution >= 4 is 22.5 Å². The molecule has 0 unspecified atom stereocenters. The van der Waals surface area contributed by atoms with Crippen molar-refractivity contribution in [1.29, 1.82) is 5.26 Å². The number of nitrogens with one attached hydrogen (secondary N) is 2. The molecule has 1 amide bonds. The second-order valence-electron chi connectivity index (χ2n) is 6.18. The molecule has 7 heteroatoms. The van der Waals surface area contributed by atoms with Gasteiger partial charge in [0, 0.05) is 35.4 Å². The number of nitriles is 1. The molecule has 2 aromatic heterocycles. The summed E-state index contributed by atoms with van der Waals surface area (Å²) >= 11 is 0. The molecule has 0 fully saturated rings. The average molecular weight is 335 g/mol. The summed E-state index contributed by atoms with van der Waals surface area (Å²) in [5.41, 5.74) is 1.67. The van der Waals surface area contributed by atoms with Crippen LogP contribution in [0.1, 0.15) is 29.9 Å². The van der Waals surface area contributed by atoms with Gasteiger partial charge in [-0.15, -0.1) is 0 Å². The lowest BCUT2D eigenvalue weighted by Gasteiger charge is -2.09. The van der Waals surface area contributed by atoms with E-state index in [-0.39, 0.29) is 5.69 Å². The molecule has 0 radical (unpaired) electrons. The van der Waals surface area contributed by atoms with Crippen molar-refractivity contribution < 1.29 is 4.79 Å². The van der Waals surface area contributed by atoms with Gasteiger partial charge in [0.2, 0.25) is 0 Å². The zero-order valence-corrected chi connectivity index (χ0v) is 13.9. The zero-order chi connectivity index (χ0) is 18.0. The standard InChI is InChI=1S/C18H17N5O2/c1-11(2)8-23-9-12(7-19)14-5-13(3-4-16(14)23)22-18(25)15-6-17(24)21-10-20-15/h3-6,9-11H,8H2,1-2H3,(H,22,25)(H,20,21,24). The van der Waals surface area contributed by atoms with E-state index in [1.54, 1.807) is 12.1 Å². The van der Waals surface area contributed by atoms with Crippen LogP contribution in [0.2, 0.25) is 0 Å². The number of carbonyl (C=O) groups excluding carboxylic acids is 1. The Kier molecular flexibility index (Phi) is 4.35. The Bertz CT molecular complexity index is 1040. The van der Waals surface area contributed by atoms with Crippen LogP contribution in [0.25, 0.3) is 10.9 Å². The van der Waals surface area contributed by atoms with Gasteiger partial charge in [0.1, 0.15) is 11.8 Å². The van der Waals surface area contributed by atoms with Gasteiger partial charge in [0.15, 0.2) is 0 Å². The predicted molar refractivity (Wildman–Crippen MR) is 94.3 cm³/mol.